The second-order valence-electron chi connectivity index (χ2n) is 7.10. The Hall–Kier alpha value is -1.89. The summed E-state index contributed by atoms with van der Waals surface area (Å²) in [6, 6.07) is 1.38. The largest absolute Gasteiger partial charge is 0.389 e. The normalized spacial score (nSPS) is 26.7. The van der Waals surface area contributed by atoms with Crippen molar-refractivity contribution < 1.29 is 14.7 Å². The number of aromatic nitrogens is 2. The summed E-state index contributed by atoms with van der Waals surface area (Å²) in [5.74, 6) is -0.162. The van der Waals surface area contributed by atoms with E-state index in [1.165, 1.54) is 0 Å². The summed E-state index contributed by atoms with van der Waals surface area (Å²) in [5, 5.41) is 20.7. The van der Waals surface area contributed by atoms with Crippen LogP contribution >= 0.6 is 0 Å². The molecule has 0 radical (unpaired) electrons. The molecule has 1 aliphatic heterocycles. The molecule has 132 valence electrons. The molecule has 2 heterocycles. The maximum atomic E-state index is 12.5. The summed E-state index contributed by atoms with van der Waals surface area (Å²) in [6.45, 7) is 0. The number of nitrogens with one attached hydrogen (secondary N) is 2. The van der Waals surface area contributed by atoms with Crippen LogP contribution in [0.2, 0.25) is 0 Å². The van der Waals surface area contributed by atoms with E-state index < -0.39 is 5.60 Å². The molecule has 2 aliphatic rings. The predicted molar refractivity (Wildman–Crippen MR) is 87.9 cm³/mol. The highest BCUT2D eigenvalue weighted by molar-refractivity contribution is 5.80. The van der Waals surface area contributed by atoms with Crippen LogP contribution in [0, 0.1) is 0 Å². The van der Waals surface area contributed by atoms with E-state index in [1.807, 2.05) is 13.1 Å². The summed E-state index contributed by atoms with van der Waals surface area (Å²) >= 11 is 0. The Labute approximate surface area is 141 Å². The zero-order valence-electron chi connectivity index (χ0n) is 14.1. The van der Waals surface area contributed by atoms with Gasteiger partial charge >= 0.3 is 0 Å². The van der Waals surface area contributed by atoms with Gasteiger partial charge in [0, 0.05) is 19.7 Å². The van der Waals surface area contributed by atoms with Crippen molar-refractivity contribution in [2.75, 3.05) is 0 Å². The van der Waals surface area contributed by atoms with Crippen molar-refractivity contribution in [2.24, 2.45) is 7.05 Å². The van der Waals surface area contributed by atoms with E-state index in [-0.39, 0.29) is 30.3 Å². The quantitative estimate of drug-likeness (QED) is 0.763. The van der Waals surface area contributed by atoms with E-state index in [4.69, 9.17) is 0 Å². The van der Waals surface area contributed by atoms with Gasteiger partial charge in [-0.2, -0.15) is 5.10 Å². The van der Waals surface area contributed by atoms with Gasteiger partial charge in [-0.05, 0) is 25.3 Å². The average Bonchev–Trinajstić information content (AvgIpc) is 2.95. The van der Waals surface area contributed by atoms with Gasteiger partial charge in [0.25, 0.3) is 0 Å². The topological polar surface area (TPSA) is 96.3 Å². The molecule has 0 unspecified atom stereocenters. The van der Waals surface area contributed by atoms with Crippen molar-refractivity contribution in [3.63, 3.8) is 0 Å². The van der Waals surface area contributed by atoms with E-state index in [0.717, 1.165) is 25.0 Å². The fourth-order valence-electron chi connectivity index (χ4n) is 3.87. The minimum Gasteiger partial charge on any atom is -0.389 e. The van der Waals surface area contributed by atoms with Gasteiger partial charge in [-0.25, -0.2) is 0 Å². The Morgan fingerprint density at radius 1 is 1.46 bits per heavy atom. The number of nitrogens with zero attached hydrogens (tertiary/aromatic N) is 2. The second-order valence-corrected chi connectivity index (χ2v) is 7.10. The van der Waals surface area contributed by atoms with E-state index in [1.54, 1.807) is 10.9 Å². The zero-order valence-corrected chi connectivity index (χ0v) is 14.1. The summed E-state index contributed by atoms with van der Waals surface area (Å²) < 4.78 is 1.71. The van der Waals surface area contributed by atoms with Crippen LogP contribution in [0.4, 0.5) is 0 Å². The first-order chi connectivity index (χ1) is 11.5. The first kappa shape index (κ1) is 17.0. The number of carbonyl (C=O) groups excluding carboxylic acids is 2. The number of hydrogen-bond donors (Lipinski definition) is 3. The number of carbonyl (C=O) groups is 2. The van der Waals surface area contributed by atoms with Crippen molar-refractivity contribution in [3.05, 3.63) is 18.0 Å². The third kappa shape index (κ3) is 3.77. The maximum absolute atomic E-state index is 12.5. The lowest BCUT2D eigenvalue weighted by Gasteiger charge is -2.35. The average molecular weight is 334 g/mol. The third-order valence-corrected chi connectivity index (χ3v) is 5.20. The van der Waals surface area contributed by atoms with Crippen LogP contribution in [0.5, 0.6) is 0 Å². The van der Waals surface area contributed by atoms with Crippen LogP contribution in [0.15, 0.2) is 12.3 Å². The van der Waals surface area contributed by atoms with Crippen molar-refractivity contribution in [2.45, 2.75) is 69.1 Å². The fourth-order valence-corrected chi connectivity index (χ4v) is 3.87. The second kappa shape index (κ2) is 6.93. The predicted octanol–water partition coefficient (Wildman–Crippen LogP) is 0.941. The molecule has 1 aromatic heterocycles. The highest BCUT2D eigenvalue weighted by Crippen LogP contribution is 2.31. The number of piperidine rings is 1. The number of amides is 2. The Morgan fingerprint density at radius 3 is 2.88 bits per heavy atom. The lowest BCUT2D eigenvalue weighted by Crippen LogP contribution is -2.52. The monoisotopic (exact) mass is 334 g/mol. The molecular formula is C17H26N4O3. The molecule has 0 bridgehead atoms. The van der Waals surface area contributed by atoms with E-state index >= 15 is 0 Å². The maximum Gasteiger partial charge on any atom is 0.223 e. The van der Waals surface area contributed by atoms with E-state index in [9.17, 15) is 14.7 Å². The van der Waals surface area contributed by atoms with Gasteiger partial charge in [-0.1, -0.05) is 19.3 Å². The lowest BCUT2D eigenvalue weighted by atomic mass is 9.82. The summed E-state index contributed by atoms with van der Waals surface area (Å²) in [4.78, 5) is 24.2. The number of aryl methyl sites for hydroxylation is 1. The van der Waals surface area contributed by atoms with Gasteiger partial charge in [0.15, 0.2) is 0 Å². The van der Waals surface area contributed by atoms with Crippen molar-refractivity contribution >= 4 is 11.8 Å². The standard InChI is InChI=1S/C17H26N4O3/c1-21-13(7-10-18-21)16-12(5-6-14(22)20-16)19-15(23)11-17(24)8-3-2-4-9-17/h7,10,12,16,24H,2-6,8-9,11H2,1H3,(H,19,23)(H,20,22)/t12-,16-/m1/s1. The molecule has 1 aliphatic carbocycles. The highest BCUT2D eigenvalue weighted by Gasteiger charge is 2.36. The molecule has 2 amide bonds. The molecule has 0 spiro atoms. The smallest absolute Gasteiger partial charge is 0.223 e. The minimum atomic E-state index is -0.873. The molecule has 3 N–H and O–H groups in total. The molecule has 3 rings (SSSR count). The number of hydrogen-bond acceptors (Lipinski definition) is 4. The van der Waals surface area contributed by atoms with Crippen LogP contribution in [-0.2, 0) is 16.6 Å². The molecular weight excluding hydrogens is 308 g/mol. The van der Waals surface area contributed by atoms with Crippen molar-refractivity contribution in [3.8, 4) is 0 Å². The van der Waals surface area contributed by atoms with E-state index in [2.05, 4.69) is 15.7 Å². The Kier molecular flexibility index (Phi) is 4.89. The molecule has 2 atom stereocenters. The summed E-state index contributed by atoms with van der Waals surface area (Å²) in [7, 11) is 1.82. The molecule has 7 nitrogen and oxygen atoms in total. The van der Waals surface area contributed by atoms with Crippen LogP contribution in [0.25, 0.3) is 0 Å². The molecule has 1 saturated heterocycles. The van der Waals surface area contributed by atoms with Gasteiger partial charge < -0.3 is 15.7 Å². The van der Waals surface area contributed by atoms with Gasteiger partial charge in [-0.3, -0.25) is 14.3 Å². The third-order valence-electron chi connectivity index (χ3n) is 5.20. The molecule has 1 aromatic rings. The zero-order chi connectivity index (χ0) is 17.2. The molecule has 1 saturated carbocycles. The van der Waals surface area contributed by atoms with Gasteiger partial charge in [0.2, 0.25) is 11.8 Å². The van der Waals surface area contributed by atoms with E-state index in [0.29, 0.717) is 25.7 Å². The molecule has 0 aromatic carbocycles. The Balaban J connectivity index is 1.66. The summed E-state index contributed by atoms with van der Waals surface area (Å²) in [5.41, 5.74) is -0.00726. The van der Waals surface area contributed by atoms with Gasteiger partial charge in [0.05, 0.1) is 29.8 Å². The summed E-state index contributed by atoms with van der Waals surface area (Å²) in [6.07, 6.45) is 7.24. The molecule has 2 fully saturated rings. The number of rotatable bonds is 4. The Bertz CT molecular complexity index is 607. The molecule has 7 heteroatoms. The number of aliphatic hydroxyl groups is 1. The van der Waals surface area contributed by atoms with Crippen LogP contribution in [0.3, 0.4) is 0 Å². The SMILES string of the molecule is Cn1nccc1[C@@H]1NC(=O)CC[C@H]1NC(=O)CC1(O)CCCCC1. The van der Waals surface area contributed by atoms with Gasteiger partial charge in [-0.15, -0.1) is 0 Å². The van der Waals surface area contributed by atoms with Gasteiger partial charge in [0.1, 0.15) is 0 Å². The highest BCUT2D eigenvalue weighted by atomic mass is 16.3. The van der Waals surface area contributed by atoms with Crippen LogP contribution in [-0.4, -0.2) is 38.3 Å². The lowest BCUT2D eigenvalue weighted by molar-refractivity contribution is -0.131. The van der Waals surface area contributed by atoms with Crippen LogP contribution < -0.4 is 10.6 Å². The first-order valence-corrected chi connectivity index (χ1v) is 8.76. The first-order valence-electron chi connectivity index (χ1n) is 8.76. The van der Waals surface area contributed by atoms with Crippen molar-refractivity contribution in [1.29, 1.82) is 0 Å². The fraction of sp³-hybridized carbons (Fsp3) is 0.706. The van der Waals surface area contributed by atoms with Crippen molar-refractivity contribution in [1.82, 2.24) is 20.4 Å². The minimum absolute atomic E-state index is 0.0161. The Morgan fingerprint density at radius 2 is 2.21 bits per heavy atom. The van der Waals surface area contributed by atoms with Crippen LogP contribution in [0.1, 0.15) is 63.1 Å². The molecule has 24 heavy (non-hydrogen) atoms.